The number of piperidine rings is 1. The van der Waals surface area contributed by atoms with Gasteiger partial charge in [-0.1, -0.05) is 13.8 Å². The lowest BCUT2D eigenvalue weighted by molar-refractivity contribution is 0.0373. The summed E-state index contributed by atoms with van der Waals surface area (Å²) < 4.78 is 0. The maximum Gasteiger partial charge on any atom is 0.0200 e. The van der Waals surface area contributed by atoms with E-state index in [1.54, 1.807) is 0 Å². The lowest BCUT2D eigenvalue weighted by atomic mass is 9.79. The molecule has 3 fully saturated rings. The van der Waals surface area contributed by atoms with Gasteiger partial charge in [-0.25, -0.2) is 0 Å². The van der Waals surface area contributed by atoms with Gasteiger partial charge in [0.2, 0.25) is 0 Å². The minimum atomic E-state index is 0.784. The minimum absolute atomic E-state index is 0.784. The molecule has 2 heteroatoms. The van der Waals surface area contributed by atoms with E-state index in [0.717, 1.165) is 30.0 Å². The Bertz CT molecular complexity index is 241. The molecule has 2 nitrogen and oxygen atoms in total. The molecule has 1 N–H and O–H groups in total. The number of hydrogen-bond acceptors (Lipinski definition) is 2. The molecule has 1 heterocycles. The van der Waals surface area contributed by atoms with Crippen LogP contribution in [-0.2, 0) is 0 Å². The Morgan fingerprint density at radius 3 is 2.25 bits per heavy atom. The SMILES string of the molecule is CC1CC(N2CC(C)CC(NC3CC3)C2)C1. The molecule has 0 spiro atoms. The first kappa shape index (κ1) is 11.0. The van der Waals surface area contributed by atoms with E-state index in [4.69, 9.17) is 0 Å². The molecule has 1 aliphatic heterocycles. The van der Waals surface area contributed by atoms with Crippen LogP contribution in [0.2, 0.25) is 0 Å². The summed E-state index contributed by atoms with van der Waals surface area (Å²) in [6.45, 7) is 7.48. The Hall–Kier alpha value is -0.0800. The Labute approximate surface area is 99.8 Å². The number of hydrogen-bond donors (Lipinski definition) is 1. The Morgan fingerprint density at radius 2 is 1.62 bits per heavy atom. The third-order valence-corrected chi connectivity index (χ3v) is 4.60. The monoisotopic (exact) mass is 222 g/mol. The molecule has 0 aromatic heterocycles. The summed E-state index contributed by atoms with van der Waals surface area (Å²) in [6.07, 6.45) is 7.14. The van der Waals surface area contributed by atoms with Gasteiger partial charge in [-0.05, 0) is 43.9 Å². The maximum atomic E-state index is 3.83. The van der Waals surface area contributed by atoms with Crippen LogP contribution in [0.3, 0.4) is 0 Å². The van der Waals surface area contributed by atoms with E-state index in [-0.39, 0.29) is 0 Å². The third-order valence-electron chi connectivity index (χ3n) is 4.60. The van der Waals surface area contributed by atoms with E-state index in [2.05, 4.69) is 24.1 Å². The summed E-state index contributed by atoms with van der Waals surface area (Å²) in [5, 5.41) is 3.83. The second kappa shape index (κ2) is 4.30. The lowest BCUT2D eigenvalue weighted by Gasteiger charge is -2.47. The van der Waals surface area contributed by atoms with Crippen molar-refractivity contribution >= 4 is 0 Å². The molecule has 3 rings (SSSR count). The van der Waals surface area contributed by atoms with Crippen molar-refractivity contribution in [3.05, 3.63) is 0 Å². The zero-order chi connectivity index (χ0) is 11.1. The first-order valence-corrected chi connectivity index (χ1v) is 7.21. The molecular formula is C14H26N2. The maximum absolute atomic E-state index is 3.83. The van der Waals surface area contributed by atoms with E-state index >= 15 is 0 Å². The van der Waals surface area contributed by atoms with E-state index < -0.39 is 0 Å². The highest BCUT2D eigenvalue weighted by atomic mass is 15.2. The molecule has 0 radical (unpaired) electrons. The highest BCUT2D eigenvalue weighted by Crippen LogP contribution is 2.34. The Morgan fingerprint density at radius 1 is 0.875 bits per heavy atom. The average Bonchev–Trinajstić information content (AvgIpc) is 2.96. The van der Waals surface area contributed by atoms with Gasteiger partial charge in [0, 0.05) is 31.2 Å². The van der Waals surface area contributed by atoms with Gasteiger partial charge >= 0.3 is 0 Å². The standard InChI is InChI=1S/C14H26N2/c1-10-6-14(7-10)16-8-11(2)5-13(9-16)15-12-3-4-12/h10-15H,3-9H2,1-2H3. The van der Waals surface area contributed by atoms with Gasteiger partial charge in [0.05, 0.1) is 0 Å². The predicted molar refractivity (Wildman–Crippen MR) is 67.5 cm³/mol. The van der Waals surface area contributed by atoms with Gasteiger partial charge in [-0.15, -0.1) is 0 Å². The van der Waals surface area contributed by atoms with Crippen molar-refractivity contribution in [2.45, 2.75) is 64.1 Å². The molecule has 16 heavy (non-hydrogen) atoms. The molecule has 2 saturated carbocycles. The van der Waals surface area contributed by atoms with Crippen LogP contribution < -0.4 is 5.32 Å². The highest BCUT2D eigenvalue weighted by molar-refractivity contribution is 4.93. The molecule has 92 valence electrons. The largest absolute Gasteiger partial charge is 0.310 e. The zero-order valence-electron chi connectivity index (χ0n) is 10.8. The summed E-state index contributed by atoms with van der Waals surface area (Å²) in [4.78, 5) is 2.77. The van der Waals surface area contributed by atoms with E-state index in [0.29, 0.717) is 0 Å². The summed E-state index contributed by atoms with van der Waals surface area (Å²) in [7, 11) is 0. The number of rotatable bonds is 3. The summed E-state index contributed by atoms with van der Waals surface area (Å²) in [6, 6.07) is 2.57. The number of nitrogens with one attached hydrogen (secondary N) is 1. The zero-order valence-corrected chi connectivity index (χ0v) is 10.8. The first-order chi connectivity index (χ1) is 7.70. The molecule has 2 aliphatic carbocycles. The molecule has 0 bridgehead atoms. The third kappa shape index (κ3) is 2.43. The Kier molecular flexibility index (Phi) is 2.97. The van der Waals surface area contributed by atoms with Crippen molar-refractivity contribution in [3.8, 4) is 0 Å². The van der Waals surface area contributed by atoms with Crippen molar-refractivity contribution in [1.82, 2.24) is 10.2 Å². The fraction of sp³-hybridized carbons (Fsp3) is 1.00. The highest BCUT2D eigenvalue weighted by Gasteiger charge is 2.36. The van der Waals surface area contributed by atoms with Crippen LogP contribution in [0.4, 0.5) is 0 Å². The summed E-state index contributed by atoms with van der Waals surface area (Å²) in [5.41, 5.74) is 0. The fourth-order valence-corrected chi connectivity index (χ4v) is 3.55. The molecule has 2 unspecified atom stereocenters. The van der Waals surface area contributed by atoms with Gasteiger partial charge in [-0.2, -0.15) is 0 Å². The van der Waals surface area contributed by atoms with Crippen LogP contribution in [0.15, 0.2) is 0 Å². The van der Waals surface area contributed by atoms with Crippen LogP contribution in [0.5, 0.6) is 0 Å². The average molecular weight is 222 g/mol. The molecule has 0 aromatic rings. The van der Waals surface area contributed by atoms with Gasteiger partial charge in [0.1, 0.15) is 0 Å². The molecular weight excluding hydrogens is 196 g/mol. The topological polar surface area (TPSA) is 15.3 Å². The van der Waals surface area contributed by atoms with Crippen LogP contribution in [0, 0.1) is 11.8 Å². The molecule has 0 aromatic carbocycles. The quantitative estimate of drug-likeness (QED) is 0.788. The van der Waals surface area contributed by atoms with Gasteiger partial charge in [0.15, 0.2) is 0 Å². The van der Waals surface area contributed by atoms with Gasteiger partial charge in [-0.3, -0.25) is 4.90 Å². The van der Waals surface area contributed by atoms with E-state index in [9.17, 15) is 0 Å². The second-order valence-electron chi connectivity index (χ2n) is 6.66. The molecule has 2 atom stereocenters. The predicted octanol–water partition coefficient (Wildman–Crippen LogP) is 2.25. The lowest BCUT2D eigenvalue weighted by Crippen LogP contribution is -2.55. The van der Waals surface area contributed by atoms with Crippen molar-refractivity contribution in [2.24, 2.45) is 11.8 Å². The fourth-order valence-electron chi connectivity index (χ4n) is 3.55. The smallest absolute Gasteiger partial charge is 0.0200 e. The van der Waals surface area contributed by atoms with Crippen LogP contribution in [0.1, 0.15) is 46.0 Å². The summed E-state index contributed by atoms with van der Waals surface area (Å²) >= 11 is 0. The molecule has 1 saturated heterocycles. The van der Waals surface area contributed by atoms with Crippen LogP contribution >= 0.6 is 0 Å². The van der Waals surface area contributed by atoms with Crippen LogP contribution in [-0.4, -0.2) is 36.1 Å². The van der Waals surface area contributed by atoms with E-state index in [1.165, 1.54) is 45.2 Å². The molecule has 3 aliphatic rings. The minimum Gasteiger partial charge on any atom is -0.310 e. The number of likely N-dealkylation sites (tertiary alicyclic amines) is 1. The van der Waals surface area contributed by atoms with Crippen molar-refractivity contribution in [2.75, 3.05) is 13.1 Å². The van der Waals surface area contributed by atoms with E-state index in [1.807, 2.05) is 0 Å². The van der Waals surface area contributed by atoms with Gasteiger partial charge in [0.25, 0.3) is 0 Å². The normalized spacial score (nSPS) is 45.4. The van der Waals surface area contributed by atoms with Gasteiger partial charge < -0.3 is 5.32 Å². The molecule has 0 amide bonds. The number of nitrogens with zero attached hydrogens (tertiary/aromatic N) is 1. The van der Waals surface area contributed by atoms with Crippen LogP contribution in [0.25, 0.3) is 0 Å². The second-order valence-corrected chi connectivity index (χ2v) is 6.66. The van der Waals surface area contributed by atoms with Crippen molar-refractivity contribution < 1.29 is 0 Å². The first-order valence-electron chi connectivity index (χ1n) is 7.21. The Balaban J connectivity index is 1.53. The summed E-state index contributed by atoms with van der Waals surface area (Å²) in [5.74, 6) is 1.87. The van der Waals surface area contributed by atoms with Crippen molar-refractivity contribution in [1.29, 1.82) is 0 Å². The van der Waals surface area contributed by atoms with Crippen molar-refractivity contribution in [3.63, 3.8) is 0 Å².